The molecular weight excluding hydrogens is 495 g/mol. The zero-order chi connectivity index (χ0) is 24.0. The maximum Gasteiger partial charge on any atom is 0.335 e. The van der Waals surface area contributed by atoms with Crippen molar-refractivity contribution in [1.82, 2.24) is 0 Å². The van der Waals surface area contributed by atoms with Crippen molar-refractivity contribution in [2.45, 2.75) is 33.9 Å². The molecule has 0 saturated heterocycles. The summed E-state index contributed by atoms with van der Waals surface area (Å²) in [6.07, 6.45) is 0.690. The third kappa shape index (κ3) is 4.02. The first-order valence-electron chi connectivity index (χ1n) is 10.8. The standard InChI is InChI=1S/C25H20Cl2N2O4S/c26-17-6-2-1-5-14(17)24-16-12-21(34-20-8-4-3-7-19(20)29(32)33)23(27)22(16)15-11-13(25(30)31)9-10-18(15)28-24/h1-11,16,21-24,28H,12H2,(H,30,31)/t16-,21-,22+,23-,24+/m0/s1. The number of carboxylic acid groups (broad SMARTS) is 1. The van der Waals surface area contributed by atoms with E-state index in [0.717, 1.165) is 16.8 Å². The Morgan fingerprint density at radius 1 is 1.09 bits per heavy atom. The van der Waals surface area contributed by atoms with Crippen LogP contribution in [0.4, 0.5) is 11.4 Å². The minimum Gasteiger partial charge on any atom is -0.478 e. The summed E-state index contributed by atoms with van der Waals surface area (Å²) in [5.74, 6) is -1.11. The van der Waals surface area contributed by atoms with E-state index in [1.54, 1.807) is 36.4 Å². The number of para-hydroxylation sites is 1. The maximum atomic E-state index is 11.7. The molecule has 0 amide bonds. The van der Waals surface area contributed by atoms with Crippen LogP contribution in [0.1, 0.15) is 39.9 Å². The number of benzene rings is 3. The van der Waals surface area contributed by atoms with Gasteiger partial charge in [0, 0.05) is 27.9 Å². The molecular formula is C25H20Cl2N2O4S. The summed E-state index contributed by atoms with van der Waals surface area (Å²) in [7, 11) is 0. The molecule has 2 N–H and O–H groups in total. The first kappa shape index (κ1) is 23.0. The van der Waals surface area contributed by atoms with Crippen molar-refractivity contribution in [1.29, 1.82) is 0 Å². The summed E-state index contributed by atoms with van der Waals surface area (Å²) in [6.45, 7) is 0. The largest absolute Gasteiger partial charge is 0.478 e. The molecule has 9 heteroatoms. The van der Waals surface area contributed by atoms with Gasteiger partial charge in [0.2, 0.25) is 0 Å². The Kier molecular flexibility index (Phi) is 6.18. The number of fused-ring (bicyclic) bond motifs is 3. The van der Waals surface area contributed by atoms with Crippen LogP contribution in [0.2, 0.25) is 5.02 Å². The number of nitrogens with zero attached hydrogens (tertiary/aromatic N) is 1. The maximum absolute atomic E-state index is 11.7. The van der Waals surface area contributed by atoms with E-state index in [1.165, 1.54) is 17.8 Å². The Bertz CT molecular complexity index is 1290. The van der Waals surface area contributed by atoms with Crippen LogP contribution in [0, 0.1) is 16.0 Å². The fourth-order valence-electron chi connectivity index (χ4n) is 5.15. The zero-order valence-electron chi connectivity index (χ0n) is 17.7. The Morgan fingerprint density at radius 3 is 2.56 bits per heavy atom. The molecule has 0 unspecified atom stereocenters. The summed E-state index contributed by atoms with van der Waals surface area (Å²) >= 11 is 15.1. The van der Waals surface area contributed by atoms with Crippen LogP contribution in [-0.2, 0) is 0 Å². The van der Waals surface area contributed by atoms with E-state index in [1.807, 2.05) is 24.3 Å². The fraction of sp³-hybridized carbons (Fsp3) is 0.240. The topological polar surface area (TPSA) is 92.5 Å². The summed E-state index contributed by atoms with van der Waals surface area (Å²) in [5.41, 5.74) is 2.90. The van der Waals surface area contributed by atoms with Crippen LogP contribution in [0.3, 0.4) is 0 Å². The van der Waals surface area contributed by atoms with Crippen LogP contribution in [-0.4, -0.2) is 26.6 Å². The van der Waals surface area contributed by atoms with Crippen molar-refractivity contribution in [3.8, 4) is 0 Å². The second-order valence-electron chi connectivity index (χ2n) is 8.50. The highest BCUT2D eigenvalue weighted by atomic mass is 35.5. The van der Waals surface area contributed by atoms with E-state index >= 15 is 0 Å². The monoisotopic (exact) mass is 514 g/mol. The molecule has 5 atom stereocenters. The number of halogens is 2. The number of hydrogen-bond donors (Lipinski definition) is 2. The first-order chi connectivity index (χ1) is 16.3. The molecule has 0 spiro atoms. The van der Waals surface area contributed by atoms with Crippen LogP contribution in [0.25, 0.3) is 0 Å². The number of rotatable bonds is 5. The lowest BCUT2D eigenvalue weighted by atomic mass is 9.77. The number of nitro groups is 1. The van der Waals surface area contributed by atoms with Crippen LogP contribution >= 0.6 is 35.0 Å². The predicted molar refractivity (Wildman–Crippen MR) is 134 cm³/mol. The van der Waals surface area contributed by atoms with Gasteiger partial charge in [-0.3, -0.25) is 10.1 Å². The Morgan fingerprint density at radius 2 is 1.82 bits per heavy atom. The highest BCUT2D eigenvalue weighted by Gasteiger charge is 2.50. The summed E-state index contributed by atoms with van der Waals surface area (Å²) in [5, 5.41) is 24.8. The summed E-state index contributed by atoms with van der Waals surface area (Å²) in [6, 6.07) is 19.3. The number of nitro benzene ring substituents is 1. The number of hydrogen-bond acceptors (Lipinski definition) is 5. The first-order valence-corrected chi connectivity index (χ1v) is 12.5. The number of carboxylic acids is 1. The zero-order valence-corrected chi connectivity index (χ0v) is 20.1. The number of nitrogens with one attached hydrogen (secondary N) is 1. The molecule has 174 valence electrons. The van der Waals surface area contributed by atoms with Gasteiger partial charge in [-0.2, -0.15) is 0 Å². The van der Waals surface area contributed by atoms with Gasteiger partial charge in [0.05, 0.1) is 26.8 Å². The third-order valence-corrected chi connectivity index (χ3v) is 9.10. The molecule has 1 aliphatic carbocycles. The average Bonchev–Trinajstić information content (AvgIpc) is 3.15. The van der Waals surface area contributed by atoms with Crippen molar-refractivity contribution < 1.29 is 14.8 Å². The van der Waals surface area contributed by atoms with Gasteiger partial charge in [-0.05, 0) is 53.8 Å². The lowest BCUT2D eigenvalue weighted by molar-refractivity contribution is -0.387. The normalized spacial score (nSPS) is 25.2. The van der Waals surface area contributed by atoms with Crippen LogP contribution < -0.4 is 5.32 Å². The van der Waals surface area contributed by atoms with Crippen molar-refractivity contribution in [2.24, 2.45) is 5.92 Å². The molecule has 1 aliphatic heterocycles. The van der Waals surface area contributed by atoms with Gasteiger partial charge in [0.25, 0.3) is 5.69 Å². The van der Waals surface area contributed by atoms with E-state index in [0.29, 0.717) is 16.3 Å². The molecule has 0 bridgehead atoms. The van der Waals surface area contributed by atoms with Crippen molar-refractivity contribution in [3.05, 3.63) is 98.6 Å². The molecule has 1 heterocycles. The lowest BCUT2D eigenvalue weighted by Gasteiger charge is -2.38. The summed E-state index contributed by atoms with van der Waals surface area (Å²) in [4.78, 5) is 23.4. The van der Waals surface area contributed by atoms with Crippen molar-refractivity contribution in [2.75, 3.05) is 5.32 Å². The summed E-state index contributed by atoms with van der Waals surface area (Å²) < 4.78 is 0. The Balaban J connectivity index is 1.57. The quantitative estimate of drug-likeness (QED) is 0.216. The lowest BCUT2D eigenvalue weighted by Crippen LogP contribution is -2.31. The fourth-order valence-corrected chi connectivity index (χ4v) is 7.35. The molecule has 2 aliphatic rings. The van der Waals surface area contributed by atoms with Crippen LogP contribution in [0.15, 0.2) is 71.6 Å². The minimum absolute atomic E-state index is 0.0270. The molecule has 3 aromatic carbocycles. The highest BCUT2D eigenvalue weighted by Crippen LogP contribution is 2.58. The Labute approximate surface area is 210 Å². The molecule has 1 saturated carbocycles. The van der Waals surface area contributed by atoms with Gasteiger partial charge in [0.1, 0.15) is 0 Å². The molecule has 3 aromatic rings. The second-order valence-corrected chi connectivity index (χ2v) is 10.7. The van der Waals surface area contributed by atoms with Gasteiger partial charge < -0.3 is 10.4 Å². The molecule has 34 heavy (non-hydrogen) atoms. The van der Waals surface area contributed by atoms with Gasteiger partial charge in [-0.1, -0.05) is 41.9 Å². The molecule has 1 fully saturated rings. The van der Waals surface area contributed by atoms with Crippen molar-refractivity contribution >= 4 is 52.3 Å². The molecule has 6 nitrogen and oxygen atoms in total. The highest BCUT2D eigenvalue weighted by molar-refractivity contribution is 8.00. The second kappa shape index (κ2) is 9.13. The van der Waals surface area contributed by atoms with Gasteiger partial charge in [-0.15, -0.1) is 23.4 Å². The number of aromatic carboxylic acids is 1. The molecule has 5 rings (SSSR count). The number of thioether (sulfide) groups is 1. The molecule has 0 aromatic heterocycles. The van der Waals surface area contributed by atoms with E-state index in [2.05, 4.69) is 5.32 Å². The van der Waals surface area contributed by atoms with Gasteiger partial charge in [-0.25, -0.2) is 4.79 Å². The van der Waals surface area contributed by atoms with E-state index < -0.39 is 5.97 Å². The molecule has 0 radical (unpaired) electrons. The third-order valence-electron chi connectivity index (χ3n) is 6.64. The Hall–Kier alpha value is -2.74. The number of carbonyl (C=O) groups is 1. The van der Waals surface area contributed by atoms with E-state index in [9.17, 15) is 20.0 Å². The minimum atomic E-state index is -0.998. The van der Waals surface area contributed by atoms with E-state index in [4.69, 9.17) is 23.2 Å². The van der Waals surface area contributed by atoms with E-state index in [-0.39, 0.29) is 44.7 Å². The number of anilines is 1. The number of alkyl halides is 1. The van der Waals surface area contributed by atoms with Gasteiger partial charge >= 0.3 is 5.97 Å². The predicted octanol–water partition coefficient (Wildman–Crippen LogP) is 6.99. The van der Waals surface area contributed by atoms with Crippen molar-refractivity contribution in [3.63, 3.8) is 0 Å². The van der Waals surface area contributed by atoms with Gasteiger partial charge in [0.15, 0.2) is 0 Å². The van der Waals surface area contributed by atoms with Crippen LogP contribution in [0.5, 0.6) is 0 Å². The smallest absolute Gasteiger partial charge is 0.335 e. The SMILES string of the molecule is O=C(O)c1ccc2c(c1)[C@H]1[C@@H](Cl)[C@@H](Sc3ccccc3[N+](=O)[O-])C[C@@H]1[C@@H](c1ccccc1Cl)N2. The average molecular weight is 515 g/mol.